The van der Waals surface area contributed by atoms with Gasteiger partial charge in [-0.15, -0.1) is 0 Å². The van der Waals surface area contributed by atoms with Crippen LogP contribution in [0.1, 0.15) is 28.7 Å². The number of esters is 1. The molecule has 0 heterocycles. The van der Waals surface area contributed by atoms with Gasteiger partial charge in [0.15, 0.2) is 0 Å². The molecule has 0 aliphatic heterocycles. The van der Waals surface area contributed by atoms with E-state index in [-0.39, 0.29) is 13.0 Å². The van der Waals surface area contributed by atoms with Crippen LogP contribution in [0.5, 0.6) is 0 Å². The highest BCUT2D eigenvalue weighted by Gasteiger charge is 2.40. The SMILES string of the molecule is NC(=O)C[C@H](NC(c1ccccc1)(c1ccccc1)c1ccccc1)C(=O)OCc1ccccc1. The fourth-order valence-corrected chi connectivity index (χ4v) is 4.30. The predicted octanol–water partition coefficient (Wildman–Crippen LogP) is 4.56. The smallest absolute Gasteiger partial charge is 0.324 e. The summed E-state index contributed by atoms with van der Waals surface area (Å²) >= 11 is 0. The molecule has 0 radical (unpaired) electrons. The Bertz CT molecular complexity index is 1130. The normalized spacial score (nSPS) is 12.0. The van der Waals surface area contributed by atoms with E-state index in [0.717, 1.165) is 22.3 Å². The van der Waals surface area contributed by atoms with Gasteiger partial charge in [-0.1, -0.05) is 121 Å². The third-order valence-corrected chi connectivity index (χ3v) is 5.92. The maximum Gasteiger partial charge on any atom is 0.324 e. The number of amides is 1. The van der Waals surface area contributed by atoms with Gasteiger partial charge in [-0.3, -0.25) is 14.9 Å². The first-order valence-corrected chi connectivity index (χ1v) is 11.5. The molecule has 0 bridgehead atoms. The molecule has 4 aromatic rings. The Morgan fingerprint density at radius 1 is 0.686 bits per heavy atom. The second-order valence-electron chi connectivity index (χ2n) is 8.31. The van der Waals surface area contributed by atoms with Crippen LogP contribution in [0.4, 0.5) is 0 Å². The molecule has 4 rings (SSSR count). The number of benzene rings is 4. The molecule has 1 amide bonds. The van der Waals surface area contributed by atoms with Crippen LogP contribution >= 0.6 is 0 Å². The highest BCUT2D eigenvalue weighted by atomic mass is 16.5. The van der Waals surface area contributed by atoms with Crippen molar-refractivity contribution in [3.8, 4) is 0 Å². The molecule has 0 spiro atoms. The van der Waals surface area contributed by atoms with Crippen molar-refractivity contribution in [3.63, 3.8) is 0 Å². The number of nitrogens with one attached hydrogen (secondary N) is 1. The molecule has 5 nitrogen and oxygen atoms in total. The zero-order chi connectivity index (χ0) is 24.5. The lowest BCUT2D eigenvalue weighted by atomic mass is 9.76. The van der Waals surface area contributed by atoms with E-state index in [1.54, 1.807) is 0 Å². The van der Waals surface area contributed by atoms with Gasteiger partial charge >= 0.3 is 5.97 Å². The van der Waals surface area contributed by atoms with E-state index in [4.69, 9.17) is 10.5 Å². The van der Waals surface area contributed by atoms with Gasteiger partial charge in [0.25, 0.3) is 0 Å². The summed E-state index contributed by atoms with van der Waals surface area (Å²) in [6, 6.07) is 38.0. The topological polar surface area (TPSA) is 81.4 Å². The van der Waals surface area contributed by atoms with Crippen molar-refractivity contribution < 1.29 is 14.3 Å². The molecule has 1 atom stereocenters. The molecule has 0 fully saturated rings. The number of hydrogen-bond donors (Lipinski definition) is 2. The van der Waals surface area contributed by atoms with Crippen LogP contribution in [0.2, 0.25) is 0 Å². The third kappa shape index (κ3) is 5.65. The summed E-state index contributed by atoms with van der Waals surface area (Å²) in [5.74, 6) is -1.14. The predicted molar refractivity (Wildman–Crippen MR) is 136 cm³/mol. The summed E-state index contributed by atoms with van der Waals surface area (Å²) in [6.07, 6.45) is -0.206. The van der Waals surface area contributed by atoms with Crippen LogP contribution in [0.25, 0.3) is 0 Å². The van der Waals surface area contributed by atoms with Gasteiger partial charge in [0, 0.05) is 0 Å². The second kappa shape index (κ2) is 11.3. The minimum Gasteiger partial charge on any atom is -0.460 e. The molecular formula is C30H28N2O3. The largest absolute Gasteiger partial charge is 0.460 e. The zero-order valence-corrected chi connectivity index (χ0v) is 19.3. The fourth-order valence-electron chi connectivity index (χ4n) is 4.30. The van der Waals surface area contributed by atoms with Crippen molar-refractivity contribution in [3.05, 3.63) is 144 Å². The van der Waals surface area contributed by atoms with Gasteiger partial charge in [-0.2, -0.15) is 0 Å². The highest BCUT2D eigenvalue weighted by molar-refractivity contribution is 5.84. The lowest BCUT2D eigenvalue weighted by molar-refractivity contribution is -0.149. The lowest BCUT2D eigenvalue weighted by Gasteiger charge is -2.39. The van der Waals surface area contributed by atoms with E-state index in [1.807, 2.05) is 121 Å². The van der Waals surface area contributed by atoms with E-state index >= 15 is 0 Å². The lowest BCUT2D eigenvalue weighted by Crippen LogP contribution is -2.54. The number of rotatable bonds is 10. The van der Waals surface area contributed by atoms with Crippen molar-refractivity contribution in [1.82, 2.24) is 5.32 Å². The Hall–Kier alpha value is -4.22. The van der Waals surface area contributed by atoms with E-state index in [9.17, 15) is 9.59 Å². The van der Waals surface area contributed by atoms with Gasteiger partial charge in [-0.05, 0) is 22.3 Å². The van der Waals surface area contributed by atoms with Gasteiger partial charge in [0.05, 0.1) is 12.0 Å². The number of ether oxygens (including phenoxy) is 1. The first-order valence-electron chi connectivity index (χ1n) is 11.5. The van der Waals surface area contributed by atoms with Gasteiger partial charge < -0.3 is 10.5 Å². The van der Waals surface area contributed by atoms with Crippen molar-refractivity contribution in [2.75, 3.05) is 0 Å². The van der Waals surface area contributed by atoms with E-state index < -0.39 is 23.5 Å². The first kappa shape index (κ1) is 23.9. The number of carbonyl (C=O) groups excluding carboxylic acids is 2. The Balaban J connectivity index is 1.79. The molecule has 0 aliphatic carbocycles. The Morgan fingerprint density at radius 2 is 1.09 bits per heavy atom. The molecule has 176 valence electrons. The summed E-state index contributed by atoms with van der Waals surface area (Å²) in [6.45, 7) is 0.103. The highest BCUT2D eigenvalue weighted by Crippen LogP contribution is 2.37. The Morgan fingerprint density at radius 3 is 1.49 bits per heavy atom. The first-order chi connectivity index (χ1) is 17.1. The molecule has 5 heteroatoms. The summed E-state index contributed by atoms with van der Waals surface area (Å²) in [5.41, 5.74) is 8.27. The molecule has 4 aromatic carbocycles. The maximum absolute atomic E-state index is 13.3. The summed E-state index contributed by atoms with van der Waals surface area (Å²) in [4.78, 5) is 25.4. The van der Waals surface area contributed by atoms with Crippen LogP contribution in [0.3, 0.4) is 0 Å². The Kier molecular flexibility index (Phi) is 7.70. The maximum atomic E-state index is 13.3. The third-order valence-electron chi connectivity index (χ3n) is 5.92. The van der Waals surface area contributed by atoms with Crippen molar-refractivity contribution in [2.24, 2.45) is 5.73 Å². The average molecular weight is 465 g/mol. The van der Waals surface area contributed by atoms with Gasteiger partial charge in [0.2, 0.25) is 5.91 Å². The number of primary amides is 1. The van der Waals surface area contributed by atoms with Crippen molar-refractivity contribution in [1.29, 1.82) is 0 Å². The Labute approximate surface area is 205 Å². The second-order valence-corrected chi connectivity index (χ2v) is 8.31. The van der Waals surface area contributed by atoms with Crippen molar-refractivity contribution in [2.45, 2.75) is 24.6 Å². The minimum atomic E-state index is -0.975. The standard InChI is InChI=1S/C30H28N2O3/c31-28(33)21-27(29(34)35-22-23-13-5-1-6-14-23)32-30(24-15-7-2-8-16-24,25-17-9-3-10-18-25)26-19-11-4-12-20-26/h1-20,27,32H,21-22H2,(H2,31,33)/t27-/m0/s1. The van der Waals surface area contributed by atoms with Crippen LogP contribution in [0, 0.1) is 0 Å². The monoisotopic (exact) mass is 464 g/mol. The average Bonchev–Trinajstić information content (AvgIpc) is 2.91. The van der Waals surface area contributed by atoms with E-state index in [1.165, 1.54) is 0 Å². The zero-order valence-electron chi connectivity index (χ0n) is 19.3. The van der Waals surface area contributed by atoms with Crippen LogP contribution in [-0.4, -0.2) is 17.9 Å². The molecule has 0 saturated carbocycles. The fraction of sp³-hybridized carbons (Fsp3) is 0.133. The number of carbonyl (C=O) groups is 2. The molecular weight excluding hydrogens is 436 g/mol. The van der Waals surface area contributed by atoms with Crippen LogP contribution in [-0.2, 0) is 26.5 Å². The quantitative estimate of drug-likeness (QED) is 0.266. The summed E-state index contributed by atoms with van der Waals surface area (Å²) in [7, 11) is 0. The van der Waals surface area contributed by atoms with Crippen LogP contribution in [0.15, 0.2) is 121 Å². The van der Waals surface area contributed by atoms with E-state index in [2.05, 4.69) is 5.32 Å². The molecule has 0 saturated heterocycles. The summed E-state index contributed by atoms with van der Waals surface area (Å²) < 4.78 is 5.64. The minimum absolute atomic E-state index is 0.103. The molecule has 0 aliphatic rings. The summed E-state index contributed by atoms with van der Waals surface area (Å²) in [5, 5.41) is 3.51. The molecule has 35 heavy (non-hydrogen) atoms. The number of nitrogens with two attached hydrogens (primary N) is 1. The van der Waals surface area contributed by atoms with Crippen LogP contribution < -0.4 is 11.1 Å². The van der Waals surface area contributed by atoms with Gasteiger partial charge in [-0.25, -0.2) is 0 Å². The van der Waals surface area contributed by atoms with Gasteiger partial charge in [0.1, 0.15) is 12.6 Å². The molecule has 0 aromatic heterocycles. The number of hydrogen-bond acceptors (Lipinski definition) is 4. The molecule has 3 N–H and O–H groups in total. The van der Waals surface area contributed by atoms with Crippen molar-refractivity contribution >= 4 is 11.9 Å². The van der Waals surface area contributed by atoms with E-state index in [0.29, 0.717) is 0 Å². The molecule has 0 unspecified atom stereocenters.